The van der Waals surface area contributed by atoms with E-state index in [1.54, 1.807) is 37.4 Å². The number of aromatic nitrogens is 2. The Balaban J connectivity index is 1.87. The minimum Gasteiger partial charge on any atom is -0.481 e. The molecule has 1 heterocycles. The first kappa shape index (κ1) is 14.2. The number of aromatic amines is 1. The summed E-state index contributed by atoms with van der Waals surface area (Å²) in [5.41, 5.74) is 6.36. The predicted octanol–water partition coefficient (Wildman–Crippen LogP) is 1.73. The van der Waals surface area contributed by atoms with Gasteiger partial charge in [-0.05, 0) is 25.1 Å². The van der Waals surface area contributed by atoms with E-state index in [-0.39, 0.29) is 5.91 Å². The van der Waals surface area contributed by atoms with Crippen molar-refractivity contribution < 1.29 is 9.53 Å². The molecule has 0 aliphatic rings. The van der Waals surface area contributed by atoms with Crippen molar-refractivity contribution in [2.45, 2.75) is 19.6 Å². The maximum atomic E-state index is 11.9. The van der Waals surface area contributed by atoms with E-state index < -0.39 is 6.10 Å². The fourth-order valence-electron chi connectivity index (χ4n) is 1.59. The van der Waals surface area contributed by atoms with Crippen molar-refractivity contribution in [3.8, 4) is 5.75 Å². The van der Waals surface area contributed by atoms with E-state index in [0.29, 0.717) is 23.1 Å². The van der Waals surface area contributed by atoms with Gasteiger partial charge >= 0.3 is 0 Å². The quantitative estimate of drug-likeness (QED) is 0.783. The Morgan fingerprint density at radius 3 is 3.05 bits per heavy atom. The zero-order valence-electron chi connectivity index (χ0n) is 10.9. The third kappa shape index (κ3) is 3.64. The van der Waals surface area contributed by atoms with Gasteiger partial charge in [0.25, 0.3) is 5.91 Å². The molecule has 106 valence electrons. The molecule has 2 aromatic rings. The summed E-state index contributed by atoms with van der Waals surface area (Å²) in [6.45, 7) is 1.96. The van der Waals surface area contributed by atoms with Crippen molar-refractivity contribution in [2.24, 2.45) is 0 Å². The molecule has 0 aliphatic carbocycles. The Kier molecular flexibility index (Phi) is 4.47. The molecule has 0 saturated heterocycles. The number of halogens is 1. The number of rotatable bonds is 5. The Hall–Kier alpha value is -2.21. The first-order chi connectivity index (χ1) is 9.56. The van der Waals surface area contributed by atoms with E-state index in [4.69, 9.17) is 22.1 Å². The lowest BCUT2D eigenvalue weighted by atomic mass is 10.3. The summed E-state index contributed by atoms with van der Waals surface area (Å²) in [5, 5.41) is 9.65. The largest absolute Gasteiger partial charge is 0.481 e. The number of nitrogens with zero attached hydrogens (tertiary/aromatic N) is 1. The Morgan fingerprint density at radius 1 is 1.60 bits per heavy atom. The summed E-state index contributed by atoms with van der Waals surface area (Å²) in [7, 11) is 0. The molecule has 7 heteroatoms. The molecule has 1 aromatic heterocycles. The van der Waals surface area contributed by atoms with Gasteiger partial charge in [-0.15, -0.1) is 0 Å². The fourth-order valence-corrected chi connectivity index (χ4v) is 1.77. The second-order valence-corrected chi connectivity index (χ2v) is 4.68. The molecule has 2 rings (SSSR count). The average Bonchev–Trinajstić information content (AvgIpc) is 2.81. The molecule has 0 spiro atoms. The van der Waals surface area contributed by atoms with Crippen molar-refractivity contribution in [2.75, 3.05) is 5.73 Å². The highest BCUT2D eigenvalue weighted by Crippen LogP contribution is 2.18. The van der Waals surface area contributed by atoms with Gasteiger partial charge in [-0.25, -0.2) is 0 Å². The number of nitrogen functional groups attached to an aromatic ring is 1. The molecular formula is C13H15ClN4O2. The molecule has 0 radical (unpaired) electrons. The van der Waals surface area contributed by atoms with Gasteiger partial charge in [-0.3, -0.25) is 9.89 Å². The van der Waals surface area contributed by atoms with Crippen LogP contribution in [0.2, 0.25) is 5.02 Å². The predicted molar refractivity (Wildman–Crippen MR) is 76.4 cm³/mol. The van der Waals surface area contributed by atoms with E-state index in [0.717, 1.165) is 5.56 Å². The van der Waals surface area contributed by atoms with Gasteiger partial charge in [0.1, 0.15) is 11.6 Å². The normalized spacial score (nSPS) is 11.9. The number of carbonyl (C=O) groups is 1. The molecule has 1 atom stereocenters. The first-order valence-electron chi connectivity index (χ1n) is 6.04. The minimum absolute atomic E-state index is 0.245. The number of ether oxygens (including phenoxy) is 1. The number of amides is 1. The summed E-state index contributed by atoms with van der Waals surface area (Å²) in [6, 6.07) is 6.89. The van der Waals surface area contributed by atoms with Crippen LogP contribution in [0.5, 0.6) is 5.75 Å². The molecule has 0 fully saturated rings. The standard InChI is InChI=1S/C13H15ClN4O2/c1-8(20-11-4-2-3-10(14)5-11)13(19)16-6-9-7-17-18-12(9)15/h2-5,7-8H,6H2,1H3,(H,16,19)(H3,15,17,18). The molecule has 6 nitrogen and oxygen atoms in total. The van der Waals surface area contributed by atoms with Crippen LogP contribution in [0.4, 0.5) is 5.82 Å². The second kappa shape index (κ2) is 6.29. The van der Waals surface area contributed by atoms with Crippen LogP contribution >= 0.6 is 11.6 Å². The molecule has 1 unspecified atom stereocenters. The number of nitrogens with two attached hydrogens (primary N) is 1. The highest BCUT2D eigenvalue weighted by atomic mass is 35.5. The van der Waals surface area contributed by atoms with Crippen molar-refractivity contribution in [3.05, 3.63) is 41.0 Å². The third-order valence-corrected chi connectivity index (χ3v) is 2.92. The lowest BCUT2D eigenvalue weighted by Crippen LogP contribution is -2.35. The van der Waals surface area contributed by atoms with E-state index in [1.165, 1.54) is 0 Å². The maximum Gasteiger partial charge on any atom is 0.261 e. The third-order valence-electron chi connectivity index (χ3n) is 2.68. The number of benzene rings is 1. The fraction of sp³-hybridized carbons (Fsp3) is 0.231. The monoisotopic (exact) mass is 294 g/mol. The topological polar surface area (TPSA) is 93.0 Å². The number of hydrogen-bond donors (Lipinski definition) is 3. The number of carbonyl (C=O) groups excluding carboxylic acids is 1. The minimum atomic E-state index is -0.637. The van der Waals surface area contributed by atoms with E-state index in [2.05, 4.69) is 15.5 Å². The summed E-state index contributed by atoms with van der Waals surface area (Å²) in [6.07, 6.45) is 0.930. The SMILES string of the molecule is CC(Oc1cccc(Cl)c1)C(=O)NCc1cn[nH]c1N. The van der Waals surface area contributed by atoms with Crippen LogP contribution in [-0.2, 0) is 11.3 Å². The van der Waals surface area contributed by atoms with Gasteiger partial charge in [0.05, 0.1) is 6.20 Å². The van der Waals surface area contributed by atoms with Crippen LogP contribution in [-0.4, -0.2) is 22.2 Å². The van der Waals surface area contributed by atoms with Crippen LogP contribution in [0.25, 0.3) is 0 Å². The van der Waals surface area contributed by atoms with Crippen LogP contribution < -0.4 is 15.8 Å². The first-order valence-corrected chi connectivity index (χ1v) is 6.41. The van der Waals surface area contributed by atoms with Crippen molar-refractivity contribution >= 4 is 23.3 Å². The molecule has 4 N–H and O–H groups in total. The average molecular weight is 295 g/mol. The Bertz CT molecular complexity index is 600. The van der Waals surface area contributed by atoms with Gasteiger partial charge in [0.2, 0.25) is 0 Å². The second-order valence-electron chi connectivity index (χ2n) is 4.24. The summed E-state index contributed by atoms with van der Waals surface area (Å²) < 4.78 is 5.51. The Morgan fingerprint density at radius 2 is 2.40 bits per heavy atom. The Labute approximate surface area is 121 Å². The van der Waals surface area contributed by atoms with Crippen LogP contribution in [0.15, 0.2) is 30.5 Å². The van der Waals surface area contributed by atoms with Gasteiger partial charge in [0.15, 0.2) is 6.10 Å². The van der Waals surface area contributed by atoms with Gasteiger partial charge in [0, 0.05) is 17.1 Å². The van der Waals surface area contributed by atoms with Gasteiger partial charge in [-0.1, -0.05) is 17.7 Å². The van der Waals surface area contributed by atoms with E-state index >= 15 is 0 Å². The zero-order valence-corrected chi connectivity index (χ0v) is 11.6. The molecule has 1 amide bonds. The maximum absolute atomic E-state index is 11.9. The molecule has 0 saturated carbocycles. The molecular weight excluding hydrogens is 280 g/mol. The zero-order chi connectivity index (χ0) is 14.5. The molecule has 0 aliphatic heterocycles. The van der Waals surface area contributed by atoms with Crippen molar-refractivity contribution in [3.63, 3.8) is 0 Å². The van der Waals surface area contributed by atoms with Crippen molar-refractivity contribution in [1.29, 1.82) is 0 Å². The van der Waals surface area contributed by atoms with Gasteiger partial charge < -0.3 is 15.8 Å². The number of nitrogens with one attached hydrogen (secondary N) is 2. The molecule has 0 bridgehead atoms. The van der Waals surface area contributed by atoms with Crippen LogP contribution in [0.3, 0.4) is 0 Å². The summed E-state index contributed by atoms with van der Waals surface area (Å²) >= 11 is 5.85. The lowest BCUT2D eigenvalue weighted by Gasteiger charge is -2.14. The van der Waals surface area contributed by atoms with Gasteiger partial charge in [-0.2, -0.15) is 5.10 Å². The highest BCUT2D eigenvalue weighted by molar-refractivity contribution is 6.30. The summed E-state index contributed by atoms with van der Waals surface area (Å²) in [4.78, 5) is 11.9. The van der Waals surface area contributed by atoms with Crippen molar-refractivity contribution in [1.82, 2.24) is 15.5 Å². The smallest absolute Gasteiger partial charge is 0.261 e. The molecule has 1 aromatic carbocycles. The highest BCUT2D eigenvalue weighted by Gasteiger charge is 2.15. The number of hydrogen-bond acceptors (Lipinski definition) is 4. The lowest BCUT2D eigenvalue weighted by molar-refractivity contribution is -0.127. The van der Waals surface area contributed by atoms with E-state index in [9.17, 15) is 4.79 Å². The van der Waals surface area contributed by atoms with Crippen LogP contribution in [0.1, 0.15) is 12.5 Å². The number of H-pyrrole nitrogens is 1. The molecule has 20 heavy (non-hydrogen) atoms. The van der Waals surface area contributed by atoms with E-state index in [1.807, 2.05) is 0 Å². The van der Waals surface area contributed by atoms with Crippen LogP contribution in [0, 0.1) is 0 Å². The number of anilines is 1. The summed E-state index contributed by atoms with van der Waals surface area (Å²) in [5.74, 6) is 0.738.